The summed E-state index contributed by atoms with van der Waals surface area (Å²) in [7, 11) is 0. The predicted molar refractivity (Wildman–Crippen MR) is 197 cm³/mol. The highest BCUT2D eigenvalue weighted by Gasteiger charge is 2.79. The molecule has 8 saturated carbocycles. The molecule has 262 valence electrons. The zero-order valence-electron chi connectivity index (χ0n) is 32.1. The second kappa shape index (κ2) is 11.5. The van der Waals surface area contributed by atoms with Crippen LogP contribution in [0.15, 0.2) is 0 Å². The quantitative estimate of drug-likeness (QED) is 0.283. The first kappa shape index (κ1) is 33.2. The average molecular weight is 631 g/mol. The molecule has 0 aromatic carbocycles. The Morgan fingerprint density at radius 3 is 1.35 bits per heavy atom. The normalized spacial score (nSPS) is 50.2. The van der Waals surface area contributed by atoms with Crippen LogP contribution in [0.2, 0.25) is 0 Å². The van der Waals surface area contributed by atoms with E-state index in [2.05, 4.69) is 41.5 Å². The van der Waals surface area contributed by atoms with Crippen LogP contribution in [0.3, 0.4) is 0 Å². The van der Waals surface area contributed by atoms with Crippen molar-refractivity contribution in [2.45, 2.75) is 215 Å². The van der Waals surface area contributed by atoms with Crippen molar-refractivity contribution < 1.29 is 0 Å². The van der Waals surface area contributed by atoms with Gasteiger partial charge in [0.25, 0.3) is 0 Å². The Balaban J connectivity index is 1.41. The molecule has 10 atom stereocenters. The van der Waals surface area contributed by atoms with E-state index in [4.69, 9.17) is 0 Å². The third kappa shape index (κ3) is 4.09. The van der Waals surface area contributed by atoms with Crippen molar-refractivity contribution >= 4 is 0 Å². The lowest BCUT2D eigenvalue weighted by Crippen LogP contribution is -2.69. The largest absolute Gasteiger partial charge is 0.0591 e. The summed E-state index contributed by atoms with van der Waals surface area (Å²) in [5, 5.41) is 0. The third-order valence-electron chi connectivity index (χ3n) is 20.8. The van der Waals surface area contributed by atoms with Crippen LogP contribution in [0.25, 0.3) is 0 Å². The molecule has 0 saturated heterocycles. The van der Waals surface area contributed by atoms with Gasteiger partial charge in [0.1, 0.15) is 0 Å². The highest BCUT2D eigenvalue weighted by atomic mass is 14.8. The topological polar surface area (TPSA) is 0 Å². The van der Waals surface area contributed by atoms with Crippen molar-refractivity contribution in [2.24, 2.45) is 73.4 Å². The van der Waals surface area contributed by atoms with Gasteiger partial charge in [0, 0.05) is 0 Å². The molecule has 0 bridgehead atoms. The Labute approximate surface area is 287 Å². The molecule has 10 unspecified atom stereocenters. The molecule has 0 spiro atoms. The monoisotopic (exact) mass is 631 g/mol. The van der Waals surface area contributed by atoms with Crippen molar-refractivity contribution in [1.29, 1.82) is 0 Å². The molecular weight excluding hydrogens is 553 g/mol. The molecule has 8 aliphatic carbocycles. The van der Waals surface area contributed by atoms with E-state index in [1.165, 1.54) is 89.9 Å². The second-order valence-electron chi connectivity index (χ2n) is 21.6. The van der Waals surface area contributed by atoms with E-state index < -0.39 is 0 Å². The highest BCUT2D eigenvalue weighted by molar-refractivity contribution is 5.27. The maximum absolute atomic E-state index is 3.12. The maximum atomic E-state index is 3.12. The molecule has 0 aliphatic heterocycles. The van der Waals surface area contributed by atoms with Crippen molar-refractivity contribution in [1.82, 2.24) is 0 Å². The Morgan fingerprint density at radius 2 is 0.783 bits per heavy atom. The van der Waals surface area contributed by atoms with Crippen molar-refractivity contribution in [3.63, 3.8) is 0 Å². The van der Waals surface area contributed by atoms with Crippen LogP contribution < -0.4 is 0 Å². The lowest BCUT2D eigenvalue weighted by Gasteiger charge is -2.75. The summed E-state index contributed by atoms with van der Waals surface area (Å²) in [5.41, 5.74) is 3.46. The van der Waals surface area contributed by atoms with Gasteiger partial charge in [-0.15, -0.1) is 0 Å². The third-order valence-corrected chi connectivity index (χ3v) is 20.8. The van der Waals surface area contributed by atoms with E-state index >= 15 is 0 Å². The molecule has 8 aliphatic rings. The minimum absolute atomic E-state index is 0.445. The molecule has 0 heterocycles. The molecule has 0 N–H and O–H groups in total. The lowest BCUT2D eigenvalue weighted by atomic mass is 9.29. The Morgan fingerprint density at radius 1 is 0.391 bits per heavy atom. The lowest BCUT2D eigenvalue weighted by molar-refractivity contribution is -0.270. The van der Waals surface area contributed by atoms with Crippen LogP contribution in [0.4, 0.5) is 0 Å². The van der Waals surface area contributed by atoms with Gasteiger partial charge in [0.15, 0.2) is 0 Å². The number of hydrogen-bond donors (Lipinski definition) is 0. The molecular formula is C46H78. The van der Waals surface area contributed by atoms with Crippen LogP contribution >= 0.6 is 0 Å². The summed E-state index contributed by atoms with van der Waals surface area (Å²) in [4.78, 5) is 0. The van der Waals surface area contributed by atoms with Gasteiger partial charge in [-0.2, -0.15) is 0 Å². The van der Waals surface area contributed by atoms with Gasteiger partial charge in [-0.3, -0.25) is 0 Å². The molecule has 0 amide bonds. The SMILES string of the molecule is CC1(C(CC2(C)C3CCCCC3C3CCCCC32C)(C2(C)CCCCC2)C2(C)C3CCCCC3C3CCCCC32C)CCCCC1. The highest BCUT2D eigenvalue weighted by Crippen LogP contribution is 2.86. The van der Waals surface area contributed by atoms with Gasteiger partial charge in [-0.05, 0) is 157 Å². The maximum Gasteiger partial charge on any atom is -0.0122 e. The predicted octanol–water partition coefficient (Wildman–Crippen LogP) is 14.3. The van der Waals surface area contributed by atoms with Crippen LogP contribution in [-0.4, -0.2) is 0 Å². The summed E-state index contributed by atoms with van der Waals surface area (Å²) in [6.45, 7) is 18.1. The zero-order valence-corrected chi connectivity index (χ0v) is 32.1. The van der Waals surface area contributed by atoms with Gasteiger partial charge in [-0.25, -0.2) is 0 Å². The van der Waals surface area contributed by atoms with Crippen molar-refractivity contribution in [3.8, 4) is 0 Å². The zero-order chi connectivity index (χ0) is 32.1. The first-order valence-corrected chi connectivity index (χ1v) is 22.0. The first-order valence-electron chi connectivity index (χ1n) is 22.0. The molecule has 0 aromatic rings. The van der Waals surface area contributed by atoms with E-state index in [9.17, 15) is 0 Å². The van der Waals surface area contributed by atoms with E-state index in [1.807, 2.05) is 0 Å². The summed E-state index contributed by atoms with van der Waals surface area (Å²) >= 11 is 0. The summed E-state index contributed by atoms with van der Waals surface area (Å²) < 4.78 is 0. The van der Waals surface area contributed by atoms with Crippen LogP contribution in [-0.2, 0) is 0 Å². The van der Waals surface area contributed by atoms with Crippen LogP contribution in [0.1, 0.15) is 215 Å². The second-order valence-corrected chi connectivity index (χ2v) is 21.6. The molecule has 46 heavy (non-hydrogen) atoms. The minimum atomic E-state index is 0.445. The molecule has 0 nitrogen and oxygen atoms in total. The van der Waals surface area contributed by atoms with Gasteiger partial charge < -0.3 is 0 Å². The Kier molecular flexibility index (Phi) is 8.30. The van der Waals surface area contributed by atoms with Crippen LogP contribution in [0, 0.1) is 73.4 Å². The standard InChI is InChI=1S/C46H78/c1-40(27-15-7-16-28-40)46(41(2)29-17-8-18-30-41,45(6)39-26-12-10-22-35(39)37-25-14-20-32-43(37,45)4)33-44(5)38-23-11-9-21-34(38)36-24-13-19-31-42(36,44)3/h34-39H,7-33H2,1-6H3. The van der Waals surface area contributed by atoms with E-state index in [1.54, 1.807) is 83.5 Å². The van der Waals surface area contributed by atoms with Gasteiger partial charge in [-0.1, -0.05) is 131 Å². The van der Waals surface area contributed by atoms with Crippen molar-refractivity contribution in [2.75, 3.05) is 0 Å². The number of rotatable bonds is 5. The van der Waals surface area contributed by atoms with Gasteiger partial charge in [0.05, 0.1) is 0 Å². The minimum Gasteiger partial charge on any atom is -0.0591 e. The number of fused-ring (bicyclic) bond motifs is 6. The molecule has 0 radical (unpaired) electrons. The first-order chi connectivity index (χ1) is 22.0. The van der Waals surface area contributed by atoms with Gasteiger partial charge >= 0.3 is 0 Å². The Hall–Kier alpha value is 0. The fraction of sp³-hybridized carbons (Fsp3) is 1.00. The number of hydrogen-bond acceptors (Lipinski definition) is 0. The molecule has 8 fully saturated rings. The van der Waals surface area contributed by atoms with Gasteiger partial charge in [0.2, 0.25) is 0 Å². The Bertz CT molecular complexity index is 1080. The van der Waals surface area contributed by atoms with Crippen molar-refractivity contribution in [3.05, 3.63) is 0 Å². The summed E-state index contributed by atoms with van der Waals surface area (Å²) in [6.07, 6.45) is 41.6. The fourth-order valence-corrected chi connectivity index (χ4v) is 18.9. The molecule has 0 heteroatoms. The van der Waals surface area contributed by atoms with Crippen LogP contribution in [0.5, 0.6) is 0 Å². The molecule has 8 rings (SSSR count). The van der Waals surface area contributed by atoms with E-state index in [0.717, 1.165) is 35.5 Å². The van der Waals surface area contributed by atoms with E-state index in [0.29, 0.717) is 37.9 Å². The molecule has 0 aromatic heterocycles. The fourth-order valence-electron chi connectivity index (χ4n) is 18.9. The summed E-state index contributed by atoms with van der Waals surface area (Å²) in [6, 6.07) is 0. The average Bonchev–Trinajstić information content (AvgIpc) is 3.40. The summed E-state index contributed by atoms with van der Waals surface area (Å²) in [5.74, 6) is 6.07. The smallest absolute Gasteiger partial charge is 0.0122 e. The van der Waals surface area contributed by atoms with E-state index in [-0.39, 0.29) is 0 Å².